The van der Waals surface area contributed by atoms with Gasteiger partial charge < -0.3 is 15.7 Å². The van der Waals surface area contributed by atoms with E-state index in [0.29, 0.717) is 24.3 Å². The summed E-state index contributed by atoms with van der Waals surface area (Å²) in [4.78, 5) is 13.8. The molecular weight excluding hydrogens is 334 g/mol. The second kappa shape index (κ2) is 7.25. The molecule has 0 radical (unpaired) electrons. The van der Waals surface area contributed by atoms with Crippen molar-refractivity contribution in [1.29, 1.82) is 0 Å². The van der Waals surface area contributed by atoms with Crippen LogP contribution in [0.5, 0.6) is 0 Å². The molecule has 25 heavy (non-hydrogen) atoms. The van der Waals surface area contributed by atoms with Crippen molar-refractivity contribution >= 4 is 23.1 Å². The van der Waals surface area contributed by atoms with E-state index in [1.165, 1.54) is 17.7 Å². The molecule has 0 saturated heterocycles. The summed E-state index contributed by atoms with van der Waals surface area (Å²) < 4.78 is 0. The Balaban J connectivity index is 1.50. The second-order valence-corrected chi connectivity index (χ2v) is 8.30. The molecule has 134 valence electrons. The summed E-state index contributed by atoms with van der Waals surface area (Å²) in [5.41, 5.74) is 2.45. The molecule has 2 aromatic rings. The Hall–Kier alpha value is -1.73. The van der Waals surface area contributed by atoms with Gasteiger partial charge in [-0.15, -0.1) is 11.3 Å². The van der Waals surface area contributed by atoms with Crippen LogP contribution in [0.2, 0.25) is 0 Å². The van der Waals surface area contributed by atoms with Crippen molar-refractivity contribution in [2.45, 2.75) is 51.7 Å². The highest BCUT2D eigenvalue weighted by Gasteiger charge is 2.28. The quantitative estimate of drug-likeness (QED) is 0.736. The standard InChI is InChI=1S/C18H25N5OS/c1-11-2-3-15-14(6-11)17(20-9-12-7-13(24)8-12)23-18(22-15)21-10-16-19-4-5-25-16/h4-5,11-13,24H,2-3,6-10H2,1H3,(H2,20,21,22,23). The average Bonchev–Trinajstić information content (AvgIpc) is 3.09. The van der Waals surface area contributed by atoms with E-state index < -0.39 is 0 Å². The summed E-state index contributed by atoms with van der Waals surface area (Å²) >= 11 is 1.63. The number of hydrogen-bond donors (Lipinski definition) is 3. The first-order valence-electron chi connectivity index (χ1n) is 9.11. The van der Waals surface area contributed by atoms with Gasteiger partial charge in [-0.05, 0) is 43.9 Å². The molecule has 1 saturated carbocycles. The molecule has 2 aromatic heterocycles. The van der Waals surface area contributed by atoms with Gasteiger partial charge in [0.25, 0.3) is 0 Å². The summed E-state index contributed by atoms with van der Waals surface area (Å²) in [6, 6.07) is 0. The lowest BCUT2D eigenvalue weighted by atomic mass is 9.82. The third kappa shape index (κ3) is 3.93. The topological polar surface area (TPSA) is 83.0 Å². The zero-order chi connectivity index (χ0) is 17.2. The number of thiazole rings is 1. The second-order valence-electron chi connectivity index (χ2n) is 7.32. The molecule has 6 nitrogen and oxygen atoms in total. The number of aliphatic hydroxyl groups excluding tert-OH is 1. The molecule has 3 N–H and O–H groups in total. The summed E-state index contributed by atoms with van der Waals surface area (Å²) in [5, 5.41) is 19.3. The Morgan fingerprint density at radius 3 is 2.92 bits per heavy atom. The number of hydrogen-bond acceptors (Lipinski definition) is 7. The van der Waals surface area contributed by atoms with Crippen molar-refractivity contribution < 1.29 is 5.11 Å². The van der Waals surface area contributed by atoms with Gasteiger partial charge in [-0.1, -0.05) is 6.92 Å². The highest BCUT2D eigenvalue weighted by molar-refractivity contribution is 7.09. The van der Waals surface area contributed by atoms with E-state index in [0.717, 1.165) is 43.1 Å². The van der Waals surface area contributed by atoms with Crippen LogP contribution < -0.4 is 10.6 Å². The highest BCUT2D eigenvalue weighted by Crippen LogP contribution is 2.32. The molecule has 1 fully saturated rings. The number of nitrogens with zero attached hydrogens (tertiary/aromatic N) is 3. The minimum absolute atomic E-state index is 0.110. The van der Waals surface area contributed by atoms with Crippen molar-refractivity contribution in [1.82, 2.24) is 15.0 Å². The maximum atomic E-state index is 9.48. The van der Waals surface area contributed by atoms with Crippen LogP contribution in [0.4, 0.5) is 11.8 Å². The molecule has 7 heteroatoms. The summed E-state index contributed by atoms with van der Waals surface area (Å²) in [5.74, 6) is 2.88. The number of aryl methyl sites for hydroxylation is 1. The molecule has 0 bridgehead atoms. The van der Waals surface area contributed by atoms with Crippen molar-refractivity contribution in [2.75, 3.05) is 17.2 Å². The lowest BCUT2D eigenvalue weighted by molar-refractivity contribution is 0.0486. The molecule has 1 unspecified atom stereocenters. The summed E-state index contributed by atoms with van der Waals surface area (Å²) in [6.07, 6.45) is 6.74. The number of fused-ring (bicyclic) bond motifs is 1. The molecular formula is C18H25N5OS. The van der Waals surface area contributed by atoms with E-state index in [1.54, 1.807) is 11.3 Å². The van der Waals surface area contributed by atoms with Crippen LogP contribution in [-0.4, -0.2) is 32.7 Å². The fourth-order valence-corrected chi connectivity index (χ4v) is 4.17. The van der Waals surface area contributed by atoms with Crippen LogP contribution >= 0.6 is 11.3 Å². The van der Waals surface area contributed by atoms with Gasteiger partial charge in [-0.2, -0.15) is 4.98 Å². The van der Waals surface area contributed by atoms with Gasteiger partial charge in [0.05, 0.1) is 18.3 Å². The predicted molar refractivity (Wildman–Crippen MR) is 99.9 cm³/mol. The monoisotopic (exact) mass is 359 g/mol. The first kappa shape index (κ1) is 16.7. The fraction of sp³-hybridized carbons (Fsp3) is 0.611. The minimum Gasteiger partial charge on any atom is -0.393 e. The van der Waals surface area contributed by atoms with Crippen molar-refractivity contribution in [3.8, 4) is 0 Å². The molecule has 2 aliphatic rings. The van der Waals surface area contributed by atoms with Gasteiger partial charge in [-0.25, -0.2) is 9.97 Å². The highest BCUT2D eigenvalue weighted by atomic mass is 32.1. The van der Waals surface area contributed by atoms with Gasteiger partial charge in [0.1, 0.15) is 10.8 Å². The van der Waals surface area contributed by atoms with E-state index in [-0.39, 0.29) is 6.10 Å². The zero-order valence-electron chi connectivity index (χ0n) is 14.5. The maximum absolute atomic E-state index is 9.48. The Morgan fingerprint density at radius 2 is 2.16 bits per heavy atom. The van der Waals surface area contributed by atoms with Gasteiger partial charge in [-0.3, -0.25) is 0 Å². The van der Waals surface area contributed by atoms with Gasteiger partial charge >= 0.3 is 0 Å². The van der Waals surface area contributed by atoms with Gasteiger partial charge in [0.15, 0.2) is 0 Å². The first-order valence-corrected chi connectivity index (χ1v) is 9.99. The number of aliphatic hydroxyl groups is 1. The Morgan fingerprint density at radius 1 is 1.28 bits per heavy atom. The third-order valence-electron chi connectivity index (χ3n) is 5.17. The number of rotatable bonds is 6. The SMILES string of the molecule is CC1CCc2nc(NCc3nccs3)nc(NCC3CC(O)C3)c2C1. The van der Waals surface area contributed by atoms with Crippen molar-refractivity contribution in [3.63, 3.8) is 0 Å². The molecule has 1 atom stereocenters. The molecule has 0 amide bonds. The fourth-order valence-electron chi connectivity index (χ4n) is 3.61. The largest absolute Gasteiger partial charge is 0.393 e. The lowest BCUT2D eigenvalue weighted by Gasteiger charge is -2.32. The molecule has 0 aliphatic heterocycles. The summed E-state index contributed by atoms with van der Waals surface area (Å²) in [7, 11) is 0. The normalized spacial score (nSPS) is 25.1. The van der Waals surface area contributed by atoms with Crippen LogP contribution in [0.3, 0.4) is 0 Å². The first-order chi connectivity index (χ1) is 12.2. The van der Waals surface area contributed by atoms with E-state index in [2.05, 4.69) is 22.5 Å². The minimum atomic E-state index is -0.110. The molecule has 0 aromatic carbocycles. The number of aromatic nitrogens is 3. The average molecular weight is 359 g/mol. The molecule has 2 heterocycles. The van der Waals surface area contributed by atoms with Crippen LogP contribution in [-0.2, 0) is 19.4 Å². The van der Waals surface area contributed by atoms with E-state index in [4.69, 9.17) is 9.97 Å². The number of nitrogens with one attached hydrogen (secondary N) is 2. The predicted octanol–water partition coefficient (Wildman–Crippen LogP) is 2.85. The van der Waals surface area contributed by atoms with Gasteiger partial charge in [0, 0.05) is 23.7 Å². The Bertz CT molecular complexity index is 715. The van der Waals surface area contributed by atoms with Crippen LogP contribution in [0.15, 0.2) is 11.6 Å². The van der Waals surface area contributed by atoms with Crippen LogP contribution in [0.1, 0.15) is 42.5 Å². The van der Waals surface area contributed by atoms with Crippen molar-refractivity contribution in [3.05, 3.63) is 27.8 Å². The smallest absolute Gasteiger partial charge is 0.225 e. The maximum Gasteiger partial charge on any atom is 0.225 e. The Labute approximate surface area is 152 Å². The Kier molecular flexibility index (Phi) is 4.85. The molecule has 2 aliphatic carbocycles. The summed E-state index contributed by atoms with van der Waals surface area (Å²) in [6.45, 7) is 3.82. The number of anilines is 2. The lowest BCUT2D eigenvalue weighted by Crippen LogP contribution is -2.33. The third-order valence-corrected chi connectivity index (χ3v) is 5.95. The van der Waals surface area contributed by atoms with E-state index >= 15 is 0 Å². The van der Waals surface area contributed by atoms with Gasteiger partial charge in [0.2, 0.25) is 5.95 Å². The van der Waals surface area contributed by atoms with Crippen LogP contribution in [0, 0.1) is 11.8 Å². The molecule has 4 rings (SSSR count). The van der Waals surface area contributed by atoms with E-state index in [9.17, 15) is 5.11 Å². The zero-order valence-corrected chi connectivity index (χ0v) is 15.4. The van der Waals surface area contributed by atoms with Crippen LogP contribution in [0.25, 0.3) is 0 Å². The van der Waals surface area contributed by atoms with E-state index in [1.807, 2.05) is 11.6 Å². The molecule has 0 spiro atoms. The van der Waals surface area contributed by atoms with Crippen molar-refractivity contribution in [2.24, 2.45) is 11.8 Å².